The lowest BCUT2D eigenvalue weighted by atomic mass is 9.83. The minimum Gasteiger partial charge on any atom is -0.325 e. The molecule has 208 valence electrons. The molecule has 41 heavy (non-hydrogen) atoms. The molecular weight excluding hydrogens is 608 g/mol. The van der Waals surface area contributed by atoms with Crippen molar-refractivity contribution in [2.24, 2.45) is 5.92 Å². The van der Waals surface area contributed by atoms with E-state index in [0.717, 1.165) is 28.7 Å². The molecule has 1 fully saturated rings. The van der Waals surface area contributed by atoms with E-state index < -0.39 is 45.5 Å². The number of anilines is 2. The SMILES string of the molecule is Cc1ccc(N2C(=O)C3Sc4c(sc(=O)n4CC(=O)Nc4ccc(F)cc4)C(c4cccc(Cl)c4Cl)C3C2=O)cc1. The van der Waals surface area contributed by atoms with Crippen molar-refractivity contribution in [1.82, 2.24) is 4.57 Å². The second-order valence-corrected chi connectivity index (χ2v) is 12.6. The van der Waals surface area contributed by atoms with E-state index in [2.05, 4.69) is 5.32 Å². The summed E-state index contributed by atoms with van der Waals surface area (Å²) in [5.41, 5.74) is 2.33. The third-order valence-electron chi connectivity index (χ3n) is 7.09. The molecule has 0 spiro atoms. The molecule has 1 aromatic heterocycles. The van der Waals surface area contributed by atoms with Gasteiger partial charge in [-0.15, -0.1) is 0 Å². The van der Waals surface area contributed by atoms with E-state index in [1.807, 2.05) is 19.1 Å². The Morgan fingerprint density at radius 2 is 1.68 bits per heavy atom. The molecule has 7 nitrogen and oxygen atoms in total. The predicted octanol–water partition coefficient (Wildman–Crippen LogP) is 6.10. The van der Waals surface area contributed by atoms with Crippen LogP contribution in [-0.2, 0) is 20.9 Å². The van der Waals surface area contributed by atoms with Crippen molar-refractivity contribution in [3.05, 3.63) is 108 Å². The molecule has 0 aliphatic carbocycles. The third kappa shape index (κ3) is 4.88. The molecular formula is C29H20Cl2FN3O4S2. The lowest BCUT2D eigenvalue weighted by Crippen LogP contribution is -2.33. The molecule has 3 unspecified atom stereocenters. The molecule has 4 aromatic rings. The molecule has 2 aliphatic rings. The fourth-order valence-corrected chi connectivity index (χ4v) is 8.37. The summed E-state index contributed by atoms with van der Waals surface area (Å²) in [7, 11) is 0. The van der Waals surface area contributed by atoms with Crippen LogP contribution in [0.2, 0.25) is 10.0 Å². The number of aryl methyl sites for hydroxylation is 1. The van der Waals surface area contributed by atoms with E-state index in [-0.39, 0.29) is 16.6 Å². The number of imide groups is 1. The number of nitrogens with zero attached hydrogens (tertiary/aromatic N) is 2. The molecule has 3 aromatic carbocycles. The van der Waals surface area contributed by atoms with Crippen molar-refractivity contribution in [3.63, 3.8) is 0 Å². The molecule has 1 saturated heterocycles. The first-order valence-corrected chi connectivity index (χ1v) is 14.9. The highest BCUT2D eigenvalue weighted by Gasteiger charge is 2.57. The van der Waals surface area contributed by atoms with Crippen LogP contribution in [0.15, 0.2) is 76.6 Å². The van der Waals surface area contributed by atoms with Gasteiger partial charge in [0.05, 0.1) is 26.7 Å². The van der Waals surface area contributed by atoms with Crippen LogP contribution < -0.4 is 15.1 Å². The van der Waals surface area contributed by atoms with Gasteiger partial charge in [0.1, 0.15) is 17.6 Å². The first-order chi connectivity index (χ1) is 19.6. The Labute approximate surface area is 251 Å². The molecule has 3 amide bonds. The summed E-state index contributed by atoms with van der Waals surface area (Å²) in [6.07, 6.45) is 0. The molecule has 0 radical (unpaired) electrons. The van der Waals surface area contributed by atoms with Crippen LogP contribution in [0.5, 0.6) is 0 Å². The molecule has 3 atom stereocenters. The lowest BCUT2D eigenvalue weighted by Gasteiger charge is -2.31. The Kier molecular flexibility index (Phi) is 7.27. The van der Waals surface area contributed by atoms with Crippen molar-refractivity contribution in [2.45, 2.75) is 29.7 Å². The monoisotopic (exact) mass is 627 g/mol. The quantitative estimate of drug-likeness (QED) is 0.270. The second-order valence-electron chi connectivity index (χ2n) is 9.71. The van der Waals surface area contributed by atoms with E-state index in [1.54, 1.807) is 30.3 Å². The van der Waals surface area contributed by atoms with Crippen LogP contribution in [0.3, 0.4) is 0 Å². The van der Waals surface area contributed by atoms with Crippen molar-refractivity contribution < 1.29 is 18.8 Å². The van der Waals surface area contributed by atoms with Gasteiger partial charge in [-0.1, -0.05) is 76.1 Å². The van der Waals surface area contributed by atoms with E-state index in [9.17, 15) is 23.6 Å². The highest BCUT2D eigenvalue weighted by atomic mass is 35.5. The minimum atomic E-state index is -0.864. The summed E-state index contributed by atoms with van der Waals surface area (Å²) in [4.78, 5) is 55.3. The van der Waals surface area contributed by atoms with E-state index in [1.165, 1.54) is 33.7 Å². The van der Waals surface area contributed by atoms with Gasteiger partial charge in [-0.3, -0.25) is 23.7 Å². The number of hydrogen-bond acceptors (Lipinski definition) is 6. The minimum absolute atomic E-state index is 0.228. The van der Waals surface area contributed by atoms with Crippen molar-refractivity contribution in [1.29, 1.82) is 0 Å². The van der Waals surface area contributed by atoms with Gasteiger partial charge in [-0.25, -0.2) is 9.29 Å². The van der Waals surface area contributed by atoms with Crippen LogP contribution in [0.1, 0.15) is 21.9 Å². The summed E-state index contributed by atoms with van der Waals surface area (Å²) in [5.74, 6) is -3.36. The molecule has 6 rings (SSSR count). The highest BCUT2D eigenvalue weighted by Crippen LogP contribution is 2.55. The largest absolute Gasteiger partial charge is 0.325 e. The number of carbonyl (C=O) groups is 3. The number of carbonyl (C=O) groups excluding carboxylic acids is 3. The Balaban J connectivity index is 1.43. The second kappa shape index (κ2) is 10.8. The maximum atomic E-state index is 14.0. The van der Waals surface area contributed by atoms with Gasteiger partial charge in [0.25, 0.3) is 0 Å². The number of rotatable bonds is 5. The van der Waals surface area contributed by atoms with Crippen LogP contribution in [0, 0.1) is 18.7 Å². The van der Waals surface area contributed by atoms with E-state index in [4.69, 9.17) is 23.2 Å². The molecule has 12 heteroatoms. The highest BCUT2D eigenvalue weighted by molar-refractivity contribution is 8.00. The van der Waals surface area contributed by atoms with E-state index in [0.29, 0.717) is 26.8 Å². The molecule has 0 bridgehead atoms. The van der Waals surface area contributed by atoms with Gasteiger partial charge in [-0.05, 0) is 55.0 Å². The Morgan fingerprint density at radius 3 is 2.39 bits per heavy atom. The smallest absolute Gasteiger partial charge is 0.308 e. The zero-order chi connectivity index (χ0) is 29.0. The lowest BCUT2D eigenvalue weighted by molar-refractivity contribution is -0.122. The zero-order valence-electron chi connectivity index (χ0n) is 21.3. The normalized spacial score (nSPS) is 19.7. The van der Waals surface area contributed by atoms with Crippen LogP contribution in [-0.4, -0.2) is 27.5 Å². The zero-order valence-corrected chi connectivity index (χ0v) is 24.4. The maximum absolute atomic E-state index is 14.0. The van der Waals surface area contributed by atoms with Gasteiger partial charge in [0, 0.05) is 16.5 Å². The summed E-state index contributed by atoms with van der Waals surface area (Å²) in [5, 5.41) is 2.72. The maximum Gasteiger partial charge on any atom is 0.308 e. The van der Waals surface area contributed by atoms with Crippen molar-refractivity contribution >= 4 is 75.4 Å². The van der Waals surface area contributed by atoms with E-state index >= 15 is 0 Å². The Morgan fingerprint density at radius 1 is 0.976 bits per heavy atom. The van der Waals surface area contributed by atoms with Gasteiger partial charge >= 0.3 is 4.87 Å². The molecule has 3 heterocycles. The molecule has 1 N–H and O–H groups in total. The average Bonchev–Trinajstić information content (AvgIpc) is 3.38. The third-order valence-corrected chi connectivity index (χ3v) is 10.5. The number of hydrogen-bond donors (Lipinski definition) is 1. The summed E-state index contributed by atoms with van der Waals surface area (Å²) in [6, 6.07) is 17.4. The van der Waals surface area contributed by atoms with Gasteiger partial charge < -0.3 is 5.32 Å². The topological polar surface area (TPSA) is 88.5 Å². The van der Waals surface area contributed by atoms with Crippen LogP contribution in [0.4, 0.5) is 15.8 Å². The fraction of sp³-hybridized carbons (Fsp3) is 0.172. The Hall–Kier alpha value is -3.44. The van der Waals surface area contributed by atoms with Gasteiger partial charge in [0.2, 0.25) is 17.7 Å². The van der Waals surface area contributed by atoms with Gasteiger partial charge in [-0.2, -0.15) is 0 Å². The van der Waals surface area contributed by atoms with Crippen LogP contribution >= 0.6 is 46.3 Å². The number of nitrogens with one attached hydrogen (secondary N) is 1. The van der Waals surface area contributed by atoms with Crippen molar-refractivity contribution in [2.75, 3.05) is 10.2 Å². The number of benzene rings is 3. The number of thioether (sulfide) groups is 1. The predicted molar refractivity (Wildman–Crippen MR) is 159 cm³/mol. The first-order valence-electron chi connectivity index (χ1n) is 12.5. The fourth-order valence-electron chi connectivity index (χ4n) is 5.18. The number of aromatic nitrogens is 1. The standard InChI is InChI=1S/C29H20Cl2FN3O4S2/c1-14-5-11-17(12-6-14)35-26(37)22-21(18-3-2-4-19(30)23(18)31)25-28(40-24(22)27(35)38)34(29(39)41-25)13-20(36)33-16-9-7-15(32)8-10-16/h2-12,21-22,24H,13H2,1H3,(H,33,36). The Bertz CT molecular complexity index is 1770. The number of fused-ring (bicyclic) bond motifs is 2. The summed E-state index contributed by atoms with van der Waals surface area (Å²) >= 11 is 15.0. The van der Waals surface area contributed by atoms with Gasteiger partial charge in [0.15, 0.2) is 0 Å². The molecule has 0 saturated carbocycles. The molecule has 2 aliphatic heterocycles. The number of thiazole rings is 1. The number of amides is 3. The van der Waals surface area contributed by atoms with Crippen LogP contribution in [0.25, 0.3) is 0 Å². The summed E-state index contributed by atoms with van der Waals surface area (Å²) < 4.78 is 14.6. The van der Waals surface area contributed by atoms with Crippen molar-refractivity contribution in [3.8, 4) is 0 Å². The summed E-state index contributed by atoms with van der Waals surface area (Å²) in [6.45, 7) is 1.57. The first kappa shape index (κ1) is 27.7. The number of halogens is 3. The average molecular weight is 629 g/mol.